The minimum atomic E-state index is -4.29. The summed E-state index contributed by atoms with van der Waals surface area (Å²) < 4.78 is 38.6. The Morgan fingerprint density at radius 2 is 1.78 bits per heavy atom. The highest BCUT2D eigenvalue weighted by Gasteiger charge is 2.36. The van der Waals surface area contributed by atoms with Crippen molar-refractivity contribution in [2.45, 2.75) is 44.2 Å². The van der Waals surface area contributed by atoms with E-state index in [1.54, 1.807) is 36.8 Å². The van der Waals surface area contributed by atoms with Crippen LogP contribution in [-0.4, -0.2) is 45.9 Å². The number of aromatic nitrogens is 2. The highest BCUT2D eigenvalue weighted by molar-refractivity contribution is 5.92. The third-order valence-electron chi connectivity index (χ3n) is 6.73. The Morgan fingerprint density at radius 1 is 1.11 bits per heavy atom. The maximum Gasteiger partial charge on any atom is 0.395 e. The van der Waals surface area contributed by atoms with Crippen LogP contribution in [0.25, 0.3) is 6.08 Å². The molecule has 1 aliphatic rings. The van der Waals surface area contributed by atoms with E-state index >= 15 is 0 Å². The molecular formula is C28H29F3N4O2. The molecule has 2 aromatic carbocycles. The highest BCUT2D eigenvalue weighted by Crippen LogP contribution is 2.34. The molecule has 1 fully saturated rings. The smallest absolute Gasteiger partial charge is 0.345 e. The number of hydrogen-bond acceptors (Lipinski definition) is 3. The van der Waals surface area contributed by atoms with E-state index in [0.29, 0.717) is 30.3 Å². The van der Waals surface area contributed by atoms with Gasteiger partial charge in [0.1, 0.15) is 0 Å². The van der Waals surface area contributed by atoms with Gasteiger partial charge in [-0.05, 0) is 60.6 Å². The first-order valence-electron chi connectivity index (χ1n) is 12.2. The van der Waals surface area contributed by atoms with Crippen molar-refractivity contribution in [3.8, 4) is 0 Å². The molecular weight excluding hydrogens is 481 g/mol. The van der Waals surface area contributed by atoms with Crippen molar-refractivity contribution in [2.24, 2.45) is 0 Å². The van der Waals surface area contributed by atoms with Crippen LogP contribution in [0, 0.1) is 0 Å². The second-order valence-corrected chi connectivity index (χ2v) is 9.29. The zero-order chi connectivity index (χ0) is 26.4. The van der Waals surface area contributed by atoms with Crippen LogP contribution in [0.15, 0.2) is 67.1 Å². The number of anilines is 1. The number of likely N-dealkylation sites (tertiary alicyclic amines) is 1. The molecule has 194 valence electrons. The summed E-state index contributed by atoms with van der Waals surface area (Å²) in [6.07, 6.45) is 4.00. The summed E-state index contributed by atoms with van der Waals surface area (Å²) in [5, 5.41) is 2.84. The number of imidazole rings is 1. The zero-order valence-electron chi connectivity index (χ0n) is 20.5. The maximum absolute atomic E-state index is 12.9. The maximum atomic E-state index is 12.9. The fourth-order valence-electron chi connectivity index (χ4n) is 4.40. The quantitative estimate of drug-likeness (QED) is 0.402. The number of aromatic amines is 1. The summed E-state index contributed by atoms with van der Waals surface area (Å²) in [6, 6.07) is 13.6. The summed E-state index contributed by atoms with van der Waals surface area (Å²) in [5.74, 6) is -1.47. The van der Waals surface area contributed by atoms with Gasteiger partial charge in [0.25, 0.3) is 0 Å². The van der Waals surface area contributed by atoms with Crippen LogP contribution in [0.3, 0.4) is 0 Å². The number of amides is 2. The number of rotatable bonds is 7. The predicted molar refractivity (Wildman–Crippen MR) is 136 cm³/mol. The van der Waals surface area contributed by atoms with Crippen LogP contribution in [0.2, 0.25) is 0 Å². The van der Waals surface area contributed by atoms with Crippen LogP contribution in [-0.2, 0) is 16.0 Å². The summed E-state index contributed by atoms with van der Waals surface area (Å²) in [6.45, 7) is 2.47. The molecule has 0 radical (unpaired) electrons. The molecule has 1 atom stereocenters. The van der Waals surface area contributed by atoms with Crippen molar-refractivity contribution < 1.29 is 22.8 Å². The van der Waals surface area contributed by atoms with Crippen LogP contribution >= 0.6 is 0 Å². The van der Waals surface area contributed by atoms with Crippen molar-refractivity contribution in [2.75, 3.05) is 18.4 Å². The number of H-pyrrole nitrogens is 1. The van der Waals surface area contributed by atoms with E-state index in [4.69, 9.17) is 0 Å². The topological polar surface area (TPSA) is 78.1 Å². The Hall–Kier alpha value is -3.88. The largest absolute Gasteiger partial charge is 0.395 e. The normalized spacial score (nSPS) is 15.6. The lowest BCUT2D eigenvalue weighted by Gasteiger charge is -2.31. The second kappa shape index (κ2) is 11.5. The molecule has 9 heteroatoms. The van der Waals surface area contributed by atoms with Gasteiger partial charge >= 0.3 is 6.18 Å². The van der Waals surface area contributed by atoms with E-state index in [-0.39, 0.29) is 23.8 Å². The second-order valence-electron chi connectivity index (χ2n) is 9.29. The average Bonchev–Trinajstić information content (AvgIpc) is 3.41. The predicted octanol–water partition coefficient (Wildman–Crippen LogP) is 5.68. The Balaban J connectivity index is 1.24. The Morgan fingerprint density at radius 3 is 2.38 bits per heavy atom. The standard InChI is InChI=1S/C28H29F3N4O2/c1-19(28(29,30)31)21-4-2-20(3-5-21)16-26(36)34-24-8-6-22(7-9-24)23-12-14-35(15-13-23)27(37)11-10-25-17-32-18-33-25/h2-11,17-19,23H,12-16H2,1H3,(H,32,33)(H,34,36)/b11-10+. The van der Waals surface area contributed by atoms with E-state index in [0.717, 1.165) is 31.0 Å². The van der Waals surface area contributed by atoms with Gasteiger partial charge in [-0.25, -0.2) is 4.98 Å². The number of benzene rings is 2. The van der Waals surface area contributed by atoms with Gasteiger partial charge in [-0.3, -0.25) is 9.59 Å². The lowest BCUT2D eigenvalue weighted by Crippen LogP contribution is -2.36. The van der Waals surface area contributed by atoms with E-state index in [1.165, 1.54) is 12.1 Å². The number of nitrogens with one attached hydrogen (secondary N) is 2. The molecule has 1 aromatic heterocycles. The van der Waals surface area contributed by atoms with E-state index in [2.05, 4.69) is 15.3 Å². The van der Waals surface area contributed by atoms with Crippen molar-refractivity contribution >= 4 is 23.6 Å². The molecule has 2 N–H and O–H groups in total. The van der Waals surface area contributed by atoms with Crippen molar-refractivity contribution in [3.63, 3.8) is 0 Å². The lowest BCUT2D eigenvalue weighted by atomic mass is 9.89. The first-order valence-corrected chi connectivity index (χ1v) is 12.2. The molecule has 2 amide bonds. The van der Waals surface area contributed by atoms with Crippen LogP contribution in [0.5, 0.6) is 0 Å². The van der Waals surface area contributed by atoms with Gasteiger partial charge in [0.2, 0.25) is 11.8 Å². The molecule has 1 aliphatic heterocycles. The van der Waals surface area contributed by atoms with Gasteiger partial charge in [0.05, 0.1) is 30.6 Å². The number of hydrogen-bond donors (Lipinski definition) is 2. The van der Waals surface area contributed by atoms with Crippen LogP contribution < -0.4 is 5.32 Å². The number of nitrogens with zero attached hydrogens (tertiary/aromatic N) is 2. The summed E-state index contributed by atoms with van der Waals surface area (Å²) in [7, 11) is 0. The number of carbonyl (C=O) groups is 2. The SMILES string of the molecule is CC(c1ccc(CC(=O)Nc2ccc(C3CCN(C(=O)/C=C/c4cnc[nH]4)CC3)cc2)cc1)C(F)(F)F. The minimum Gasteiger partial charge on any atom is -0.345 e. The van der Waals surface area contributed by atoms with E-state index in [9.17, 15) is 22.8 Å². The van der Waals surface area contributed by atoms with E-state index < -0.39 is 12.1 Å². The zero-order valence-corrected chi connectivity index (χ0v) is 20.5. The Kier molecular flexibility index (Phi) is 8.11. The Bertz CT molecular complexity index is 1210. The van der Waals surface area contributed by atoms with E-state index in [1.807, 2.05) is 29.2 Å². The van der Waals surface area contributed by atoms with Gasteiger partial charge < -0.3 is 15.2 Å². The van der Waals surface area contributed by atoms with Gasteiger partial charge in [-0.2, -0.15) is 13.2 Å². The van der Waals surface area contributed by atoms with Crippen molar-refractivity contribution in [1.29, 1.82) is 0 Å². The molecule has 1 unspecified atom stereocenters. The monoisotopic (exact) mass is 510 g/mol. The number of halogens is 3. The summed E-state index contributed by atoms with van der Waals surface area (Å²) >= 11 is 0. The number of alkyl halides is 3. The van der Waals surface area contributed by atoms with Crippen LogP contribution in [0.1, 0.15) is 54.0 Å². The van der Waals surface area contributed by atoms with Crippen LogP contribution in [0.4, 0.5) is 18.9 Å². The molecule has 0 bridgehead atoms. The molecule has 0 aliphatic carbocycles. The average molecular weight is 511 g/mol. The molecule has 6 nitrogen and oxygen atoms in total. The lowest BCUT2D eigenvalue weighted by molar-refractivity contribution is -0.146. The molecule has 1 saturated heterocycles. The fraction of sp³-hybridized carbons (Fsp3) is 0.321. The molecule has 0 saturated carbocycles. The first-order chi connectivity index (χ1) is 17.7. The molecule has 0 spiro atoms. The molecule has 3 aromatic rings. The summed E-state index contributed by atoms with van der Waals surface area (Å²) in [5.41, 5.74) is 3.42. The minimum absolute atomic E-state index is 0.0179. The third-order valence-corrected chi connectivity index (χ3v) is 6.73. The third kappa shape index (κ3) is 7.09. The number of carbonyl (C=O) groups excluding carboxylic acids is 2. The Labute approximate surface area is 213 Å². The highest BCUT2D eigenvalue weighted by atomic mass is 19.4. The van der Waals surface area contributed by atoms with Crippen molar-refractivity contribution in [1.82, 2.24) is 14.9 Å². The van der Waals surface area contributed by atoms with Gasteiger partial charge in [-0.15, -0.1) is 0 Å². The fourth-order valence-corrected chi connectivity index (χ4v) is 4.40. The number of piperidine rings is 1. The van der Waals surface area contributed by atoms with Crippen molar-refractivity contribution in [3.05, 3.63) is 89.5 Å². The summed E-state index contributed by atoms with van der Waals surface area (Å²) in [4.78, 5) is 33.6. The molecule has 37 heavy (non-hydrogen) atoms. The van der Waals surface area contributed by atoms with Gasteiger partial charge in [0.15, 0.2) is 0 Å². The molecule has 4 rings (SSSR count). The van der Waals surface area contributed by atoms with Gasteiger partial charge in [0, 0.05) is 24.9 Å². The van der Waals surface area contributed by atoms with Gasteiger partial charge in [-0.1, -0.05) is 36.4 Å². The molecule has 2 heterocycles. The first kappa shape index (κ1) is 26.2.